The maximum atomic E-state index is 13.4. The van der Waals surface area contributed by atoms with Crippen LogP contribution in [0.2, 0.25) is 0 Å². The molecule has 0 spiro atoms. The first kappa shape index (κ1) is 33.4. The lowest BCUT2D eigenvalue weighted by Gasteiger charge is -2.28. The zero-order chi connectivity index (χ0) is 32.2. The van der Waals surface area contributed by atoms with Crippen LogP contribution < -0.4 is 19.5 Å². The Morgan fingerprint density at radius 3 is 2.40 bits per heavy atom. The smallest absolute Gasteiger partial charge is 0.337 e. The first-order valence-corrected chi connectivity index (χ1v) is 15.5. The summed E-state index contributed by atoms with van der Waals surface area (Å²) in [6.07, 6.45) is 4.38. The lowest BCUT2D eigenvalue weighted by atomic mass is 9.85. The molecule has 0 aliphatic heterocycles. The Morgan fingerprint density at radius 1 is 0.889 bits per heavy atom. The van der Waals surface area contributed by atoms with E-state index in [0.717, 1.165) is 48.3 Å². The first-order valence-electron chi connectivity index (χ1n) is 15.5. The van der Waals surface area contributed by atoms with Crippen molar-refractivity contribution in [1.29, 1.82) is 0 Å². The van der Waals surface area contributed by atoms with Crippen LogP contribution in [0.15, 0.2) is 66.7 Å². The summed E-state index contributed by atoms with van der Waals surface area (Å²) in [6, 6.07) is 20.3. The molecule has 0 radical (unpaired) electrons. The molecule has 0 heterocycles. The van der Waals surface area contributed by atoms with Crippen LogP contribution in [0, 0.1) is 5.92 Å². The molecule has 0 saturated heterocycles. The minimum atomic E-state index is -0.542. The van der Waals surface area contributed by atoms with Crippen LogP contribution in [-0.4, -0.2) is 50.8 Å². The van der Waals surface area contributed by atoms with Crippen LogP contribution in [0.3, 0.4) is 0 Å². The van der Waals surface area contributed by atoms with Crippen molar-refractivity contribution in [1.82, 2.24) is 5.32 Å². The number of methoxy groups -OCH3 is 2. The second-order valence-corrected chi connectivity index (χ2v) is 11.4. The van der Waals surface area contributed by atoms with Gasteiger partial charge in [-0.05, 0) is 87.9 Å². The van der Waals surface area contributed by atoms with Crippen molar-refractivity contribution in [3.8, 4) is 17.2 Å². The molecule has 0 aromatic heterocycles. The third kappa shape index (κ3) is 9.73. The summed E-state index contributed by atoms with van der Waals surface area (Å²) in [5.41, 5.74) is 2.62. The fourth-order valence-electron chi connectivity index (χ4n) is 5.41. The van der Waals surface area contributed by atoms with Crippen molar-refractivity contribution < 1.29 is 38.1 Å². The summed E-state index contributed by atoms with van der Waals surface area (Å²) in [5.74, 6) is 0.571. The standard InChI is InChI=1S/C36H43NO8/c1-24(2)45-32-13-6-5-10-28(32)23-44-30-17-14-25(15-18-30)9-8-20-43-33-19-16-27(36(40)42-4)22-31(33)34(38)37-29-12-7-11-26(21-29)35(39)41-3/h5-6,10,13-19,22,24,26,29H,7-9,11-12,20-21,23H2,1-4H3,(H,37,38). The summed E-state index contributed by atoms with van der Waals surface area (Å²) in [4.78, 5) is 37.6. The minimum Gasteiger partial charge on any atom is -0.493 e. The number of esters is 2. The monoisotopic (exact) mass is 617 g/mol. The molecule has 0 bridgehead atoms. The topological polar surface area (TPSA) is 109 Å². The molecule has 1 saturated carbocycles. The zero-order valence-corrected chi connectivity index (χ0v) is 26.5. The minimum absolute atomic E-state index is 0.0846. The van der Waals surface area contributed by atoms with E-state index in [-0.39, 0.29) is 41.1 Å². The van der Waals surface area contributed by atoms with E-state index in [2.05, 4.69) is 5.32 Å². The molecule has 1 fully saturated rings. The normalized spacial score (nSPS) is 16.0. The number of benzene rings is 3. The van der Waals surface area contributed by atoms with Gasteiger partial charge < -0.3 is 29.0 Å². The second-order valence-electron chi connectivity index (χ2n) is 11.4. The van der Waals surface area contributed by atoms with Crippen molar-refractivity contribution in [2.75, 3.05) is 20.8 Å². The van der Waals surface area contributed by atoms with E-state index in [0.29, 0.717) is 31.8 Å². The SMILES string of the molecule is COC(=O)c1ccc(OCCCc2ccc(OCc3ccccc3OC(C)C)cc2)c(C(=O)NC2CCCC(C(=O)OC)C2)c1. The van der Waals surface area contributed by atoms with Gasteiger partial charge in [0.2, 0.25) is 0 Å². The highest BCUT2D eigenvalue weighted by Crippen LogP contribution is 2.27. The van der Waals surface area contributed by atoms with E-state index in [1.54, 1.807) is 12.1 Å². The van der Waals surface area contributed by atoms with Gasteiger partial charge in [-0.2, -0.15) is 0 Å². The van der Waals surface area contributed by atoms with E-state index in [1.165, 1.54) is 20.3 Å². The highest BCUT2D eigenvalue weighted by atomic mass is 16.5. The van der Waals surface area contributed by atoms with Crippen LogP contribution in [0.1, 0.15) is 77.8 Å². The van der Waals surface area contributed by atoms with Crippen LogP contribution in [0.4, 0.5) is 0 Å². The number of carbonyl (C=O) groups excluding carboxylic acids is 3. The first-order chi connectivity index (χ1) is 21.8. The molecule has 4 rings (SSSR count). The van der Waals surface area contributed by atoms with E-state index in [9.17, 15) is 14.4 Å². The lowest BCUT2D eigenvalue weighted by Crippen LogP contribution is -2.40. The number of nitrogens with one attached hydrogen (secondary N) is 1. The zero-order valence-electron chi connectivity index (χ0n) is 26.5. The van der Waals surface area contributed by atoms with Gasteiger partial charge in [0.15, 0.2) is 0 Å². The highest BCUT2D eigenvalue weighted by molar-refractivity contribution is 6.00. The molecule has 45 heavy (non-hydrogen) atoms. The number of para-hydroxylation sites is 1. The average molecular weight is 618 g/mol. The molecule has 9 heteroatoms. The third-order valence-corrected chi connectivity index (χ3v) is 7.71. The second kappa shape index (κ2) is 16.5. The molecule has 1 aliphatic rings. The summed E-state index contributed by atoms with van der Waals surface area (Å²) >= 11 is 0. The molecule has 3 aromatic rings. The molecular weight excluding hydrogens is 574 g/mol. The maximum Gasteiger partial charge on any atom is 0.337 e. The largest absolute Gasteiger partial charge is 0.493 e. The van der Waals surface area contributed by atoms with Gasteiger partial charge >= 0.3 is 11.9 Å². The van der Waals surface area contributed by atoms with Crippen molar-refractivity contribution >= 4 is 17.8 Å². The van der Waals surface area contributed by atoms with E-state index in [1.807, 2.05) is 62.4 Å². The number of ether oxygens (including phenoxy) is 5. The quantitative estimate of drug-likeness (QED) is 0.166. The average Bonchev–Trinajstić information content (AvgIpc) is 3.06. The lowest BCUT2D eigenvalue weighted by molar-refractivity contribution is -0.146. The Balaban J connectivity index is 1.32. The van der Waals surface area contributed by atoms with Gasteiger partial charge in [-0.25, -0.2) is 4.79 Å². The number of amides is 1. The Bertz CT molecular complexity index is 1440. The van der Waals surface area contributed by atoms with Crippen molar-refractivity contribution in [3.63, 3.8) is 0 Å². The molecule has 2 atom stereocenters. The Morgan fingerprint density at radius 2 is 1.67 bits per heavy atom. The number of hydrogen-bond donors (Lipinski definition) is 1. The van der Waals surface area contributed by atoms with Crippen molar-refractivity contribution in [2.24, 2.45) is 5.92 Å². The molecule has 9 nitrogen and oxygen atoms in total. The summed E-state index contributed by atoms with van der Waals surface area (Å²) in [5, 5.41) is 3.02. The van der Waals surface area contributed by atoms with Gasteiger partial charge in [-0.15, -0.1) is 0 Å². The van der Waals surface area contributed by atoms with E-state index < -0.39 is 5.97 Å². The molecule has 1 amide bonds. The molecule has 1 aliphatic carbocycles. The van der Waals surface area contributed by atoms with Gasteiger partial charge in [0.05, 0.1) is 44.0 Å². The predicted molar refractivity (Wildman–Crippen MR) is 170 cm³/mol. The number of aryl methyl sites for hydroxylation is 1. The van der Waals surface area contributed by atoms with Crippen LogP contribution in [-0.2, 0) is 27.3 Å². The van der Waals surface area contributed by atoms with Crippen molar-refractivity contribution in [2.45, 2.75) is 71.1 Å². The fraction of sp³-hybridized carbons (Fsp3) is 0.417. The van der Waals surface area contributed by atoms with E-state index in [4.69, 9.17) is 23.7 Å². The molecule has 1 N–H and O–H groups in total. The van der Waals surface area contributed by atoms with Gasteiger partial charge in [0.25, 0.3) is 5.91 Å². The predicted octanol–water partition coefficient (Wildman–Crippen LogP) is 6.31. The Labute approximate surface area is 265 Å². The Hall–Kier alpha value is -4.53. The van der Waals surface area contributed by atoms with Crippen LogP contribution in [0.5, 0.6) is 17.2 Å². The molecule has 240 valence electrons. The fourth-order valence-corrected chi connectivity index (χ4v) is 5.41. The van der Waals surface area contributed by atoms with Crippen LogP contribution >= 0.6 is 0 Å². The summed E-state index contributed by atoms with van der Waals surface area (Å²) in [7, 11) is 2.67. The van der Waals surface area contributed by atoms with Gasteiger partial charge in [-0.1, -0.05) is 36.8 Å². The Kier molecular flexibility index (Phi) is 12.2. The van der Waals surface area contributed by atoms with Gasteiger partial charge in [0.1, 0.15) is 23.9 Å². The van der Waals surface area contributed by atoms with Gasteiger partial charge in [-0.3, -0.25) is 9.59 Å². The highest BCUT2D eigenvalue weighted by Gasteiger charge is 2.29. The van der Waals surface area contributed by atoms with Crippen molar-refractivity contribution in [3.05, 3.63) is 89.0 Å². The third-order valence-electron chi connectivity index (χ3n) is 7.71. The number of carbonyl (C=O) groups is 3. The van der Waals surface area contributed by atoms with E-state index >= 15 is 0 Å². The summed E-state index contributed by atoms with van der Waals surface area (Å²) < 4.78 is 27.7. The molecule has 2 unspecified atom stereocenters. The number of rotatable bonds is 14. The van der Waals surface area contributed by atoms with Gasteiger partial charge in [0, 0.05) is 11.6 Å². The van der Waals surface area contributed by atoms with Crippen LogP contribution in [0.25, 0.3) is 0 Å². The summed E-state index contributed by atoms with van der Waals surface area (Å²) in [6.45, 7) is 4.78. The number of hydrogen-bond acceptors (Lipinski definition) is 8. The maximum absolute atomic E-state index is 13.4. The molecular formula is C36H43NO8. The molecule has 3 aromatic carbocycles.